The zero-order valence-corrected chi connectivity index (χ0v) is 13.8. The van der Waals surface area contributed by atoms with Gasteiger partial charge in [-0.1, -0.05) is 29.3 Å². The molecule has 1 aromatic carbocycles. The molecule has 0 atom stereocenters. The van der Waals surface area contributed by atoms with E-state index in [0.717, 1.165) is 5.56 Å². The van der Waals surface area contributed by atoms with Crippen LogP contribution in [0.3, 0.4) is 0 Å². The molecule has 5 nitrogen and oxygen atoms in total. The largest absolute Gasteiger partial charge is 0.267 e. The summed E-state index contributed by atoms with van der Waals surface area (Å²) in [6.45, 7) is 4.67. The van der Waals surface area contributed by atoms with Gasteiger partial charge in [0, 0.05) is 13.6 Å². The van der Waals surface area contributed by atoms with E-state index in [4.69, 9.17) is 11.6 Å². The van der Waals surface area contributed by atoms with Crippen molar-refractivity contribution in [2.75, 3.05) is 7.05 Å². The summed E-state index contributed by atoms with van der Waals surface area (Å²) in [5, 5.41) is 4.59. The molecule has 0 saturated carbocycles. The lowest BCUT2D eigenvalue weighted by atomic mass is 10.2. The third-order valence-corrected chi connectivity index (χ3v) is 5.43. The predicted octanol–water partition coefficient (Wildman–Crippen LogP) is 2.69. The van der Waals surface area contributed by atoms with E-state index >= 15 is 0 Å². The van der Waals surface area contributed by atoms with Crippen LogP contribution in [-0.4, -0.2) is 29.6 Å². The number of halogens is 1. The monoisotopic (exact) mass is 327 g/mol. The first-order valence-electron chi connectivity index (χ1n) is 6.59. The lowest BCUT2D eigenvalue weighted by Gasteiger charge is -2.18. The third-order valence-electron chi connectivity index (χ3n) is 3.30. The minimum absolute atomic E-state index is 0.183. The first-order chi connectivity index (χ1) is 9.86. The van der Waals surface area contributed by atoms with E-state index in [0.29, 0.717) is 17.3 Å². The SMILES string of the molecule is CCn1ncc(Cl)c1CN(C)S(=O)(=O)c1ccc(C)cc1. The molecule has 0 fully saturated rings. The van der Waals surface area contributed by atoms with Crippen LogP contribution in [0.15, 0.2) is 35.4 Å². The summed E-state index contributed by atoms with van der Waals surface area (Å²) in [7, 11) is -2.00. The van der Waals surface area contributed by atoms with Crippen molar-refractivity contribution in [1.82, 2.24) is 14.1 Å². The van der Waals surface area contributed by atoms with Crippen LogP contribution in [0.4, 0.5) is 0 Å². The molecular formula is C14H18ClN3O2S. The summed E-state index contributed by atoms with van der Waals surface area (Å²) in [6.07, 6.45) is 1.53. The molecule has 0 aliphatic carbocycles. The molecule has 2 rings (SSSR count). The van der Waals surface area contributed by atoms with E-state index in [1.165, 1.54) is 10.5 Å². The van der Waals surface area contributed by atoms with Gasteiger partial charge in [-0.2, -0.15) is 9.40 Å². The Bertz CT molecular complexity index is 723. The summed E-state index contributed by atoms with van der Waals surface area (Å²) < 4.78 is 28.0. The summed E-state index contributed by atoms with van der Waals surface area (Å²) >= 11 is 6.08. The van der Waals surface area contributed by atoms with E-state index in [1.54, 1.807) is 36.0 Å². The van der Waals surface area contributed by atoms with Crippen molar-refractivity contribution >= 4 is 21.6 Å². The van der Waals surface area contributed by atoms with Crippen LogP contribution in [0, 0.1) is 6.92 Å². The van der Waals surface area contributed by atoms with Gasteiger partial charge in [0.2, 0.25) is 10.0 Å². The Morgan fingerprint density at radius 2 is 1.90 bits per heavy atom. The summed E-state index contributed by atoms with van der Waals surface area (Å²) in [5.41, 5.74) is 1.71. The Morgan fingerprint density at radius 3 is 2.48 bits per heavy atom. The van der Waals surface area contributed by atoms with E-state index in [9.17, 15) is 8.42 Å². The van der Waals surface area contributed by atoms with Crippen molar-refractivity contribution in [3.63, 3.8) is 0 Å². The number of rotatable bonds is 5. The van der Waals surface area contributed by atoms with Gasteiger partial charge in [-0.3, -0.25) is 4.68 Å². The third kappa shape index (κ3) is 3.28. The highest BCUT2D eigenvalue weighted by Crippen LogP contribution is 2.21. The normalized spacial score (nSPS) is 12.0. The first-order valence-corrected chi connectivity index (χ1v) is 8.41. The number of hydrogen-bond acceptors (Lipinski definition) is 3. The highest BCUT2D eigenvalue weighted by Gasteiger charge is 2.23. The molecular weight excluding hydrogens is 310 g/mol. The quantitative estimate of drug-likeness (QED) is 0.848. The second-order valence-corrected chi connectivity index (χ2v) is 7.28. The number of nitrogens with zero attached hydrogens (tertiary/aromatic N) is 3. The summed E-state index contributed by atoms with van der Waals surface area (Å²) in [6, 6.07) is 6.79. The second-order valence-electron chi connectivity index (χ2n) is 4.83. The maximum Gasteiger partial charge on any atom is 0.243 e. The maximum absolute atomic E-state index is 12.5. The molecule has 0 unspecified atom stereocenters. The van der Waals surface area contributed by atoms with Crippen LogP contribution in [0.25, 0.3) is 0 Å². The lowest BCUT2D eigenvalue weighted by Crippen LogP contribution is -2.27. The molecule has 0 radical (unpaired) electrons. The van der Waals surface area contributed by atoms with Crippen molar-refractivity contribution in [1.29, 1.82) is 0 Å². The van der Waals surface area contributed by atoms with Gasteiger partial charge in [-0.15, -0.1) is 0 Å². The molecule has 114 valence electrons. The Labute approximate surface area is 130 Å². The van der Waals surface area contributed by atoms with Gasteiger partial charge in [-0.05, 0) is 26.0 Å². The van der Waals surface area contributed by atoms with Crippen molar-refractivity contribution in [3.05, 3.63) is 46.7 Å². The average Bonchev–Trinajstić information content (AvgIpc) is 2.80. The van der Waals surface area contributed by atoms with Crippen LogP contribution < -0.4 is 0 Å². The van der Waals surface area contributed by atoms with Crippen LogP contribution in [-0.2, 0) is 23.1 Å². The van der Waals surface area contributed by atoms with Gasteiger partial charge in [0.1, 0.15) is 0 Å². The van der Waals surface area contributed by atoms with E-state index in [-0.39, 0.29) is 11.4 Å². The van der Waals surface area contributed by atoms with Crippen LogP contribution in [0.5, 0.6) is 0 Å². The molecule has 7 heteroatoms. The molecule has 1 heterocycles. The average molecular weight is 328 g/mol. The minimum Gasteiger partial charge on any atom is -0.267 e. The fourth-order valence-corrected chi connectivity index (χ4v) is 3.34. The highest BCUT2D eigenvalue weighted by molar-refractivity contribution is 7.89. The van der Waals surface area contributed by atoms with Gasteiger partial charge in [0.25, 0.3) is 0 Å². The molecule has 2 aromatic rings. The van der Waals surface area contributed by atoms with E-state index in [2.05, 4.69) is 5.10 Å². The Balaban J connectivity index is 2.28. The minimum atomic E-state index is -3.54. The number of aromatic nitrogens is 2. The smallest absolute Gasteiger partial charge is 0.243 e. The molecule has 0 spiro atoms. The fourth-order valence-electron chi connectivity index (χ4n) is 2.00. The van der Waals surface area contributed by atoms with Gasteiger partial charge in [0.15, 0.2) is 0 Å². The number of hydrogen-bond donors (Lipinski definition) is 0. The van der Waals surface area contributed by atoms with Crippen molar-refractivity contribution in [3.8, 4) is 0 Å². The van der Waals surface area contributed by atoms with Crippen LogP contribution in [0.1, 0.15) is 18.2 Å². The molecule has 0 saturated heterocycles. The van der Waals surface area contributed by atoms with Crippen molar-refractivity contribution in [2.45, 2.75) is 31.8 Å². The van der Waals surface area contributed by atoms with Gasteiger partial charge < -0.3 is 0 Å². The maximum atomic E-state index is 12.5. The molecule has 21 heavy (non-hydrogen) atoms. The van der Waals surface area contributed by atoms with Gasteiger partial charge in [-0.25, -0.2) is 8.42 Å². The van der Waals surface area contributed by atoms with E-state index in [1.807, 2.05) is 13.8 Å². The van der Waals surface area contributed by atoms with Crippen molar-refractivity contribution in [2.24, 2.45) is 0 Å². The first kappa shape index (κ1) is 16.0. The zero-order valence-electron chi connectivity index (χ0n) is 12.2. The Kier molecular flexibility index (Phi) is 4.70. The summed E-state index contributed by atoms with van der Waals surface area (Å²) in [5.74, 6) is 0. The zero-order chi connectivity index (χ0) is 15.6. The molecule has 0 aliphatic heterocycles. The topological polar surface area (TPSA) is 55.2 Å². The molecule has 0 amide bonds. The Morgan fingerprint density at radius 1 is 1.29 bits per heavy atom. The second kappa shape index (κ2) is 6.17. The number of sulfonamides is 1. The number of aryl methyl sites for hydroxylation is 2. The van der Waals surface area contributed by atoms with Crippen LogP contribution >= 0.6 is 11.6 Å². The van der Waals surface area contributed by atoms with E-state index < -0.39 is 10.0 Å². The highest BCUT2D eigenvalue weighted by atomic mass is 35.5. The van der Waals surface area contributed by atoms with Gasteiger partial charge in [0.05, 0.1) is 28.4 Å². The van der Waals surface area contributed by atoms with Gasteiger partial charge >= 0.3 is 0 Å². The van der Waals surface area contributed by atoms with Crippen LogP contribution in [0.2, 0.25) is 5.02 Å². The molecule has 1 aromatic heterocycles. The lowest BCUT2D eigenvalue weighted by molar-refractivity contribution is 0.447. The summed E-state index contributed by atoms with van der Waals surface area (Å²) in [4.78, 5) is 0.272. The molecule has 0 bridgehead atoms. The molecule has 0 N–H and O–H groups in total. The predicted molar refractivity (Wildman–Crippen MR) is 82.7 cm³/mol. The Hall–Kier alpha value is -1.37. The molecule has 0 aliphatic rings. The fraction of sp³-hybridized carbons (Fsp3) is 0.357. The standard InChI is InChI=1S/C14H18ClN3O2S/c1-4-18-14(13(15)9-16-18)10-17(3)21(19,20)12-7-5-11(2)6-8-12/h5-9H,4,10H2,1-3H3. The van der Waals surface area contributed by atoms with Crippen molar-refractivity contribution < 1.29 is 8.42 Å². The number of benzene rings is 1.